The smallest absolute Gasteiger partial charge is 0.337 e. The van der Waals surface area contributed by atoms with Crippen LogP contribution in [0.4, 0.5) is 11.4 Å². The lowest BCUT2D eigenvalue weighted by Crippen LogP contribution is -2.13. The van der Waals surface area contributed by atoms with Crippen LogP contribution in [0.2, 0.25) is 0 Å². The molecule has 16 heavy (non-hydrogen) atoms. The molecule has 0 fully saturated rings. The number of rotatable bonds is 4. The summed E-state index contributed by atoms with van der Waals surface area (Å²) < 4.78 is 0. The third kappa shape index (κ3) is 2.63. The number of carboxylic acid groups (broad SMARTS) is 2. The summed E-state index contributed by atoms with van der Waals surface area (Å²) in [6, 6.07) is 2.92. The monoisotopic (exact) mass is 224 g/mol. The second-order valence-corrected chi connectivity index (χ2v) is 3.31. The lowest BCUT2D eigenvalue weighted by molar-refractivity contribution is -0.134. The van der Waals surface area contributed by atoms with Crippen LogP contribution in [0, 0.1) is 6.92 Å². The highest BCUT2D eigenvalue weighted by Crippen LogP contribution is 2.22. The maximum absolute atomic E-state index is 10.8. The molecule has 0 aliphatic rings. The number of carboxylic acids is 2. The third-order valence-electron chi connectivity index (χ3n) is 2.06. The van der Waals surface area contributed by atoms with Crippen molar-refractivity contribution in [3.63, 3.8) is 0 Å². The van der Waals surface area contributed by atoms with E-state index in [9.17, 15) is 9.59 Å². The minimum absolute atomic E-state index is 0.0344. The predicted octanol–water partition coefficient (Wildman–Crippen LogP) is 0.772. The molecule has 1 rings (SSSR count). The number of nitrogens with two attached hydrogens (primary N) is 1. The van der Waals surface area contributed by atoms with E-state index < -0.39 is 11.9 Å². The number of carbonyl (C=O) groups is 2. The molecule has 0 amide bonds. The van der Waals surface area contributed by atoms with Gasteiger partial charge in [-0.3, -0.25) is 4.79 Å². The lowest BCUT2D eigenvalue weighted by Gasteiger charge is -2.09. The number of aliphatic carboxylic acids is 1. The molecule has 0 aliphatic carbocycles. The van der Waals surface area contributed by atoms with Gasteiger partial charge in [0.2, 0.25) is 0 Å². The number of hydrogen-bond acceptors (Lipinski definition) is 4. The lowest BCUT2D eigenvalue weighted by atomic mass is 10.1. The summed E-state index contributed by atoms with van der Waals surface area (Å²) in [7, 11) is 0. The van der Waals surface area contributed by atoms with E-state index in [1.807, 2.05) is 0 Å². The van der Waals surface area contributed by atoms with Crippen LogP contribution in [-0.4, -0.2) is 28.7 Å². The summed E-state index contributed by atoms with van der Waals surface area (Å²) in [6.45, 7) is 1.39. The maximum atomic E-state index is 10.8. The van der Waals surface area contributed by atoms with Crippen molar-refractivity contribution in [2.45, 2.75) is 6.92 Å². The minimum Gasteiger partial charge on any atom is -0.480 e. The molecule has 1 aromatic carbocycles. The zero-order valence-corrected chi connectivity index (χ0v) is 8.65. The molecular formula is C10H12N2O4. The van der Waals surface area contributed by atoms with E-state index in [4.69, 9.17) is 15.9 Å². The Hall–Kier alpha value is -2.24. The van der Waals surface area contributed by atoms with Crippen molar-refractivity contribution in [3.05, 3.63) is 23.3 Å². The van der Waals surface area contributed by atoms with E-state index in [2.05, 4.69) is 5.32 Å². The largest absolute Gasteiger partial charge is 0.480 e. The van der Waals surface area contributed by atoms with Crippen LogP contribution in [-0.2, 0) is 4.79 Å². The second kappa shape index (κ2) is 4.52. The van der Waals surface area contributed by atoms with Crippen LogP contribution >= 0.6 is 0 Å². The molecule has 6 heteroatoms. The molecular weight excluding hydrogens is 212 g/mol. The van der Waals surface area contributed by atoms with Crippen molar-refractivity contribution in [1.29, 1.82) is 0 Å². The van der Waals surface area contributed by atoms with Crippen molar-refractivity contribution in [2.75, 3.05) is 17.6 Å². The van der Waals surface area contributed by atoms with Gasteiger partial charge in [-0.1, -0.05) is 0 Å². The molecule has 0 saturated carbocycles. The summed E-state index contributed by atoms with van der Waals surface area (Å²) in [5, 5.41) is 19.9. The average Bonchev–Trinajstić information content (AvgIpc) is 2.19. The molecule has 5 N–H and O–H groups in total. The van der Waals surface area contributed by atoms with Gasteiger partial charge in [0.1, 0.15) is 6.54 Å². The quantitative estimate of drug-likeness (QED) is 0.562. The van der Waals surface area contributed by atoms with Gasteiger partial charge < -0.3 is 21.3 Å². The predicted molar refractivity (Wildman–Crippen MR) is 58.7 cm³/mol. The van der Waals surface area contributed by atoms with E-state index in [1.54, 1.807) is 13.0 Å². The van der Waals surface area contributed by atoms with Crippen LogP contribution in [0.1, 0.15) is 15.9 Å². The zero-order valence-electron chi connectivity index (χ0n) is 8.65. The van der Waals surface area contributed by atoms with Gasteiger partial charge in [-0.15, -0.1) is 0 Å². The Morgan fingerprint density at radius 3 is 2.50 bits per heavy atom. The van der Waals surface area contributed by atoms with Crippen LogP contribution < -0.4 is 11.1 Å². The van der Waals surface area contributed by atoms with E-state index in [1.165, 1.54) is 6.07 Å². The number of benzene rings is 1. The topological polar surface area (TPSA) is 113 Å². The fourth-order valence-corrected chi connectivity index (χ4v) is 1.26. The molecule has 0 aliphatic heterocycles. The van der Waals surface area contributed by atoms with Crippen molar-refractivity contribution >= 4 is 23.3 Å². The fraction of sp³-hybridized carbons (Fsp3) is 0.200. The minimum atomic E-state index is -1.14. The number of aryl methyl sites for hydroxylation is 1. The molecule has 0 radical (unpaired) electrons. The number of hydrogen-bond donors (Lipinski definition) is 4. The van der Waals surface area contributed by atoms with Gasteiger partial charge in [0.15, 0.2) is 0 Å². The Morgan fingerprint density at radius 2 is 2.00 bits per heavy atom. The first-order valence-electron chi connectivity index (χ1n) is 4.51. The van der Waals surface area contributed by atoms with Gasteiger partial charge in [0, 0.05) is 11.4 Å². The summed E-state index contributed by atoms with van der Waals surface area (Å²) in [6.07, 6.45) is 0. The summed E-state index contributed by atoms with van der Waals surface area (Å²) in [5.74, 6) is -2.16. The van der Waals surface area contributed by atoms with E-state index in [-0.39, 0.29) is 17.8 Å². The number of anilines is 2. The Bertz CT molecular complexity index is 443. The number of nitrogens with one attached hydrogen (secondary N) is 1. The Balaban J connectivity index is 3.04. The van der Waals surface area contributed by atoms with Crippen molar-refractivity contribution < 1.29 is 19.8 Å². The molecule has 0 aromatic heterocycles. The zero-order chi connectivity index (χ0) is 12.3. The maximum Gasteiger partial charge on any atom is 0.337 e. The third-order valence-corrected chi connectivity index (χ3v) is 2.06. The normalized spacial score (nSPS) is 9.81. The highest BCUT2D eigenvalue weighted by atomic mass is 16.4. The summed E-state index contributed by atoms with van der Waals surface area (Å²) in [4.78, 5) is 21.2. The first-order chi connectivity index (χ1) is 7.41. The van der Waals surface area contributed by atoms with Gasteiger partial charge in [-0.25, -0.2) is 4.79 Å². The number of aromatic carboxylic acids is 1. The molecule has 0 spiro atoms. The molecule has 0 bridgehead atoms. The van der Waals surface area contributed by atoms with Gasteiger partial charge in [0.05, 0.1) is 5.56 Å². The van der Waals surface area contributed by atoms with Crippen LogP contribution in [0.5, 0.6) is 0 Å². The second-order valence-electron chi connectivity index (χ2n) is 3.31. The van der Waals surface area contributed by atoms with E-state index in [0.29, 0.717) is 11.3 Å². The van der Waals surface area contributed by atoms with Crippen LogP contribution in [0.3, 0.4) is 0 Å². The van der Waals surface area contributed by atoms with Gasteiger partial charge >= 0.3 is 11.9 Å². The Labute approximate surface area is 91.7 Å². The van der Waals surface area contributed by atoms with Crippen LogP contribution in [0.25, 0.3) is 0 Å². The molecule has 0 saturated heterocycles. The molecule has 0 heterocycles. The van der Waals surface area contributed by atoms with Gasteiger partial charge in [0.25, 0.3) is 0 Å². The number of nitrogen functional groups attached to an aromatic ring is 1. The van der Waals surface area contributed by atoms with E-state index >= 15 is 0 Å². The van der Waals surface area contributed by atoms with E-state index in [0.717, 1.165) is 0 Å². The summed E-state index contributed by atoms with van der Waals surface area (Å²) >= 11 is 0. The average molecular weight is 224 g/mol. The summed E-state index contributed by atoms with van der Waals surface area (Å²) in [5.41, 5.74) is 6.75. The van der Waals surface area contributed by atoms with Crippen molar-refractivity contribution in [1.82, 2.24) is 0 Å². The first-order valence-corrected chi connectivity index (χ1v) is 4.51. The Morgan fingerprint density at radius 1 is 1.38 bits per heavy atom. The molecule has 1 aromatic rings. The van der Waals surface area contributed by atoms with Gasteiger partial charge in [-0.2, -0.15) is 0 Å². The molecule has 6 nitrogen and oxygen atoms in total. The molecule has 86 valence electrons. The fourth-order valence-electron chi connectivity index (χ4n) is 1.26. The van der Waals surface area contributed by atoms with Crippen LogP contribution in [0.15, 0.2) is 12.1 Å². The molecule has 0 atom stereocenters. The van der Waals surface area contributed by atoms with Crippen molar-refractivity contribution in [3.8, 4) is 0 Å². The highest BCUT2D eigenvalue weighted by Gasteiger charge is 2.11. The van der Waals surface area contributed by atoms with Gasteiger partial charge in [-0.05, 0) is 24.6 Å². The SMILES string of the molecule is Cc1cc(NCC(=O)O)cc(C(=O)O)c1N. The molecule has 0 unspecified atom stereocenters. The Kier molecular flexibility index (Phi) is 3.34. The highest BCUT2D eigenvalue weighted by molar-refractivity contribution is 5.95. The van der Waals surface area contributed by atoms with Crippen molar-refractivity contribution in [2.24, 2.45) is 0 Å². The first kappa shape index (κ1) is 11.8. The standard InChI is InChI=1S/C10H12N2O4/c1-5-2-6(12-4-8(13)14)3-7(9(5)11)10(15)16/h2-3,12H,4,11H2,1H3,(H,13,14)(H,15,16).